The normalized spacial score (nSPS) is 13.1. The van der Waals surface area contributed by atoms with Crippen LogP contribution in [0.4, 0.5) is 0 Å². The molecule has 110 valence electrons. The number of rotatable bonds is 11. The molecule has 0 rings (SSSR count). The number of nitrogens with zero attached hydrogens (tertiary/aromatic N) is 1. The fourth-order valence-electron chi connectivity index (χ4n) is 1.30. The van der Waals surface area contributed by atoms with Crippen LogP contribution in [0.3, 0.4) is 0 Å². The van der Waals surface area contributed by atoms with Gasteiger partial charge in [-0.15, -0.1) is 0 Å². The van der Waals surface area contributed by atoms with Gasteiger partial charge in [-0.25, -0.2) is 4.79 Å². The van der Waals surface area contributed by atoms with E-state index in [2.05, 4.69) is 12.1 Å². The van der Waals surface area contributed by atoms with Crippen LogP contribution in [-0.4, -0.2) is 35.5 Å². The summed E-state index contributed by atoms with van der Waals surface area (Å²) in [6.07, 6.45) is 2.79. The van der Waals surface area contributed by atoms with Gasteiger partial charge in [-0.05, 0) is 13.3 Å². The molecule has 6 nitrogen and oxygen atoms in total. The van der Waals surface area contributed by atoms with Crippen molar-refractivity contribution >= 4 is 17.5 Å². The summed E-state index contributed by atoms with van der Waals surface area (Å²) in [4.78, 5) is 26.8. The van der Waals surface area contributed by atoms with Crippen molar-refractivity contribution in [1.29, 1.82) is 0 Å². The van der Waals surface area contributed by atoms with Crippen molar-refractivity contribution < 1.29 is 24.3 Å². The predicted octanol–water partition coefficient (Wildman–Crippen LogP) is 2.37. The van der Waals surface area contributed by atoms with E-state index in [0.717, 1.165) is 25.7 Å². The second-order valence-electron chi connectivity index (χ2n) is 4.16. The topological polar surface area (TPSA) is 85.2 Å². The van der Waals surface area contributed by atoms with E-state index in [1.165, 1.54) is 6.92 Å². The number of hydrogen-bond acceptors (Lipinski definition) is 5. The number of oxime groups is 1. The van der Waals surface area contributed by atoms with Crippen molar-refractivity contribution in [2.45, 2.75) is 59.2 Å². The van der Waals surface area contributed by atoms with E-state index in [0.29, 0.717) is 13.0 Å². The third-order valence-corrected chi connectivity index (χ3v) is 2.48. The fraction of sp³-hybridized carbons (Fsp3) is 0.769. The molecule has 0 aliphatic heterocycles. The standard InChI is InChI=1S/C13H23NO5/c1-4-6-7-8-9-18-13(12(16)17)19-14-10(3)11(15)5-2/h13H,4-9H2,1-3H3,(H,16,17). The zero-order chi connectivity index (χ0) is 14.7. The van der Waals surface area contributed by atoms with Crippen molar-refractivity contribution in [1.82, 2.24) is 0 Å². The maximum Gasteiger partial charge on any atom is 0.376 e. The monoisotopic (exact) mass is 273 g/mol. The average molecular weight is 273 g/mol. The van der Waals surface area contributed by atoms with Crippen LogP contribution < -0.4 is 0 Å². The summed E-state index contributed by atoms with van der Waals surface area (Å²) in [5.74, 6) is -1.44. The molecule has 1 N–H and O–H groups in total. The van der Waals surface area contributed by atoms with Gasteiger partial charge in [-0.2, -0.15) is 0 Å². The number of ketones is 1. The number of Topliss-reactive ketones (excluding diaryl/α,β-unsaturated/α-hetero) is 1. The minimum atomic E-state index is -1.46. The first-order valence-electron chi connectivity index (χ1n) is 6.60. The zero-order valence-electron chi connectivity index (χ0n) is 11.8. The van der Waals surface area contributed by atoms with Gasteiger partial charge < -0.3 is 14.7 Å². The van der Waals surface area contributed by atoms with Crippen molar-refractivity contribution in [3.8, 4) is 0 Å². The van der Waals surface area contributed by atoms with E-state index in [1.807, 2.05) is 0 Å². The Kier molecular flexibility index (Phi) is 9.70. The predicted molar refractivity (Wildman–Crippen MR) is 71.0 cm³/mol. The maximum absolute atomic E-state index is 11.2. The summed E-state index contributed by atoms with van der Waals surface area (Å²) in [5.41, 5.74) is 0.142. The molecule has 0 aromatic rings. The van der Waals surface area contributed by atoms with Crippen LogP contribution in [0.15, 0.2) is 5.16 Å². The number of carboxylic acids is 1. The van der Waals surface area contributed by atoms with Gasteiger partial charge in [-0.3, -0.25) is 4.79 Å². The molecule has 0 aliphatic rings. The molecule has 6 heteroatoms. The van der Waals surface area contributed by atoms with E-state index in [4.69, 9.17) is 14.7 Å². The van der Waals surface area contributed by atoms with Crippen molar-refractivity contribution in [2.75, 3.05) is 6.61 Å². The van der Waals surface area contributed by atoms with Gasteiger partial charge in [0.25, 0.3) is 0 Å². The number of carbonyl (C=O) groups excluding carboxylic acids is 1. The maximum atomic E-state index is 11.2. The smallest absolute Gasteiger partial charge is 0.376 e. The number of hydrogen-bond donors (Lipinski definition) is 1. The quantitative estimate of drug-likeness (QED) is 0.270. The van der Waals surface area contributed by atoms with E-state index < -0.39 is 12.3 Å². The Bertz CT molecular complexity index is 314. The number of carbonyl (C=O) groups is 2. The average Bonchev–Trinajstić information content (AvgIpc) is 2.40. The summed E-state index contributed by atoms with van der Waals surface area (Å²) in [5, 5.41) is 12.4. The Hall–Kier alpha value is -1.43. The van der Waals surface area contributed by atoms with Crippen LogP contribution in [0.2, 0.25) is 0 Å². The summed E-state index contributed by atoms with van der Waals surface area (Å²) in [7, 11) is 0. The Labute approximate surface area is 113 Å². The van der Waals surface area contributed by atoms with Crippen LogP contribution in [0.5, 0.6) is 0 Å². The van der Waals surface area contributed by atoms with Crippen LogP contribution in [-0.2, 0) is 19.2 Å². The lowest BCUT2D eigenvalue weighted by Gasteiger charge is -2.11. The Morgan fingerprint density at radius 2 is 1.89 bits per heavy atom. The summed E-state index contributed by atoms with van der Waals surface area (Å²) < 4.78 is 5.07. The highest BCUT2D eigenvalue weighted by atomic mass is 16.8. The Morgan fingerprint density at radius 1 is 1.21 bits per heavy atom. The molecule has 0 saturated heterocycles. The molecule has 0 heterocycles. The molecule has 0 spiro atoms. The molecule has 0 fully saturated rings. The summed E-state index contributed by atoms with van der Waals surface area (Å²) in [6, 6.07) is 0. The lowest BCUT2D eigenvalue weighted by molar-refractivity contribution is -0.189. The molecular weight excluding hydrogens is 250 g/mol. The molecule has 1 atom stereocenters. The van der Waals surface area contributed by atoms with Gasteiger partial charge in [0, 0.05) is 6.42 Å². The van der Waals surface area contributed by atoms with Gasteiger partial charge in [0.05, 0.1) is 6.61 Å². The Balaban J connectivity index is 4.13. The molecule has 0 aromatic carbocycles. The minimum Gasteiger partial charge on any atom is -0.477 e. The highest BCUT2D eigenvalue weighted by molar-refractivity contribution is 6.38. The lowest BCUT2D eigenvalue weighted by Crippen LogP contribution is -2.26. The fourth-order valence-corrected chi connectivity index (χ4v) is 1.30. The van der Waals surface area contributed by atoms with Gasteiger partial charge >= 0.3 is 12.3 Å². The number of carboxylic acid groups (broad SMARTS) is 1. The molecule has 0 bridgehead atoms. The third-order valence-electron chi connectivity index (χ3n) is 2.48. The van der Waals surface area contributed by atoms with E-state index in [9.17, 15) is 9.59 Å². The van der Waals surface area contributed by atoms with Crippen LogP contribution in [0.1, 0.15) is 52.9 Å². The first kappa shape index (κ1) is 17.6. The summed E-state index contributed by atoms with van der Waals surface area (Å²) in [6.45, 7) is 5.56. The molecule has 1 unspecified atom stereocenters. The third kappa shape index (κ3) is 8.31. The first-order chi connectivity index (χ1) is 9.02. The van der Waals surface area contributed by atoms with Crippen molar-refractivity contribution in [3.63, 3.8) is 0 Å². The van der Waals surface area contributed by atoms with Gasteiger partial charge in [-0.1, -0.05) is 38.3 Å². The number of unbranched alkanes of at least 4 members (excludes halogenated alkanes) is 3. The largest absolute Gasteiger partial charge is 0.477 e. The lowest BCUT2D eigenvalue weighted by atomic mass is 10.2. The molecular formula is C13H23NO5. The van der Waals surface area contributed by atoms with Crippen LogP contribution in [0.25, 0.3) is 0 Å². The second-order valence-corrected chi connectivity index (χ2v) is 4.16. The molecule has 19 heavy (non-hydrogen) atoms. The highest BCUT2D eigenvalue weighted by Gasteiger charge is 2.20. The van der Waals surface area contributed by atoms with Gasteiger partial charge in [0.2, 0.25) is 0 Å². The van der Waals surface area contributed by atoms with Crippen LogP contribution in [0, 0.1) is 0 Å². The van der Waals surface area contributed by atoms with E-state index >= 15 is 0 Å². The minimum absolute atomic E-state index is 0.142. The molecule has 0 aromatic heterocycles. The van der Waals surface area contributed by atoms with Crippen molar-refractivity contribution in [3.05, 3.63) is 0 Å². The molecule has 0 aliphatic carbocycles. The SMILES string of the molecule is CCCCCCOC(ON=C(C)C(=O)CC)C(=O)O. The Morgan fingerprint density at radius 3 is 2.42 bits per heavy atom. The van der Waals surface area contributed by atoms with Crippen LogP contribution >= 0.6 is 0 Å². The van der Waals surface area contributed by atoms with Gasteiger partial charge in [0.1, 0.15) is 5.71 Å². The molecule has 0 amide bonds. The molecule has 0 saturated carbocycles. The van der Waals surface area contributed by atoms with Gasteiger partial charge in [0.15, 0.2) is 5.78 Å². The first-order valence-corrected chi connectivity index (χ1v) is 6.60. The summed E-state index contributed by atoms with van der Waals surface area (Å²) >= 11 is 0. The van der Waals surface area contributed by atoms with E-state index in [1.54, 1.807) is 6.92 Å². The van der Waals surface area contributed by atoms with E-state index in [-0.39, 0.29) is 11.5 Å². The second kappa shape index (κ2) is 10.5. The number of ether oxygens (including phenoxy) is 1. The zero-order valence-corrected chi connectivity index (χ0v) is 11.8. The van der Waals surface area contributed by atoms with Crippen molar-refractivity contribution in [2.24, 2.45) is 5.16 Å². The molecule has 0 radical (unpaired) electrons. The number of aliphatic carboxylic acids is 1. The highest BCUT2D eigenvalue weighted by Crippen LogP contribution is 2.03.